The third-order valence-corrected chi connectivity index (χ3v) is 3.21. The number of carbonyl (C=O) groups is 1. The van der Waals surface area contributed by atoms with Crippen LogP contribution < -0.4 is 14.9 Å². The van der Waals surface area contributed by atoms with E-state index in [-0.39, 0.29) is 24.7 Å². The minimum atomic E-state index is -0.552. The van der Waals surface area contributed by atoms with Crippen LogP contribution in [-0.4, -0.2) is 42.4 Å². The van der Waals surface area contributed by atoms with Gasteiger partial charge in [-0.25, -0.2) is 9.78 Å². The first-order valence-corrected chi connectivity index (χ1v) is 7.90. The predicted molar refractivity (Wildman–Crippen MR) is 97.2 cm³/mol. The molecular formula is C17H18N4O6. The molecule has 142 valence electrons. The van der Waals surface area contributed by atoms with E-state index in [0.717, 1.165) is 0 Å². The van der Waals surface area contributed by atoms with Crippen molar-refractivity contribution in [3.05, 3.63) is 52.2 Å². The summed E-state index contributed by atoms with van der Waals surface area (Å²) in [7, 11) is 1.46. The summed E-state index contributed by atoms with van der Waals surface area (Å²) in [6.07, 6.45) is 2.86. The van der Waals surface area contributed by atoms with Crippen LogP contribution in [0.1, 0.15) is 12.5 Å². The van der Waals surface area contributed by atoms with Gasteiger partial charge in [0.05, 0.1) is 24.9 Å². The molecule has 1 aromatic carbocycles. The van der Waals surface area contributed by atoms with Crippen LogP contribution >= 0.6 is 0 Å². The number of aromatic nitrogens is 1. The fraction of sp³-hybridized carbons (Fsp3) is 0.235. The molecule has 0 unspecified atom stereocenters. The highest BCUT2D eigenvalue weighted by molar-refractivity contribution is 5.81. The Labute approximate surface area is 154 Å². The van der Waals surface area contributed by atoms with Gasteiger partial charge in [0.1, 0.15) is 0 Å². The molecule has 1 aromatic heterocycles. The van der Waals surface area contributed by atoms with Crippen molar-refractivity contribution in [2.45, 2.75) is 6.92 Å². The van der Waals surface area contributed by atoms with Crippen molar-refractivity contribution in [3.63, 3.8) is 0 Å². The maximum Gasteiger partial charge on any atom is 0.344 e. The molecule has 0 bridgehead atoms. The van der Waals surface area contributed by atoms with E-state index in [2.05, 4.69) is 15.5 Å². The highest BCUT2D eigenvalue weighted by Crippen LogP contribution is 2.27. The number of methoxy groups -OCH3 is 1. The molecule has 27 heavy (non-hydrogen) atoms. The predicted octanol–water partition coefficient (Wildman–Crippen LogP) is 2.39. The van der Waals surface area contributed by atoms with Gasteiger partial charge in [-0.2, -0.15) is 5.10 Å². The number of anilines is 1. The Kier molecular flexibility index (Phi) is 7.06. The van der Waals surface area contributed by atoms with Crippen molar-refractivity contribution in [1.29, 1.82) is 0 Å². The number of hydrazone groups is 1. The summed E-state index contributed by atoms with van der Waals surface area (Å²) < 4.78 is 15.4. The Bertz CT molecular complexity index is 840. The lowest BCUT2D eigenvalue weighted by Gasteiger charge is -2.10. The van der Waals surface area contributed by atoms with Crippen LogP contribution in [0.3, 0.4) is 0 Å². The number of nitro groups is 1. The summed E-state index contributed by atoms with van der Waals surface area (Å²) in [5.41, 5.74) is 2.99. The monoisotopic (exact) mass is 374 g/mol. The van der Waals surface area contributed by atoms with Gasteiger partial charge in [0.15, 0.2) is 18.1 Å². The molecule has 2 rings (SSSR count). The second kappa shape index (κ2) is 9.70. The van der Waals surface area contributed by atoms with Crippen LogP contribution in [0.4, 0.5) is 11.5 Å². The fourth-order valence-electron chi connectivity index (χ4n) is 2.02. The summed E-state index contributed by atoms with van der Waals surface area (Å²) in [5, 5.41) is 14.9. The third kappa shape index (κ3) is 5.66. The Morgan fingerprint density at radius 1 is 1.37 bits per heavy atom. The topological polar surface area (TPSA) is 125 Å². The Morgan fingerprint density at radius 2 is 2.19 bits per heavy atom. The summed E-state index contributed by atoms with van der Waals surface area (Å²) in [6, 6.07) is 7.72. The lowest BCUT2D eigenvalue weighted by molar-refractivity contribution is -0.384. The zero-order chi connectivity index (χ0) is 19.6. The number of benzene rings is 1. The Balaban J connectivity index is 2.06. The Morgan fingerprint density at radius 3 is 2.89 bits per heavy atom. The van der Waals surface area contributed by atoms with Gasteiger partial charge in [-0.3, -0.25) is 15.5 Å². The first-order chi connectivity index (χ1) is 13.0. The van der Waals surface area contributed by atoms with Gasteiger partial charge < -0.3 is 14.2 Å². The Hall–Kier alpha value is -3.69. The largest absolute Gasteiger partial charge is 0.493 e. The highest BCUT2D eigenvalue weighted by Gasteiger charge is 2.13. The number of rotatable bonds is 9. The van der Waals surface area contributed by atoms with E-state index in [4.69, 9.17) is 14.2 Å². The summed E-state index contributed by atoms with van der Waals surface area (Å²) in [4.78, 5) is 25.6. The van der Waals surface area contributed by atoms with E-state index in [0.29, 0.717) is 17.1 Å². The molecule has 0 saturated carbocycles. The molecule has 0 amide bonds. The van der Waals surface area contributed by atoms with E-state index >= 15 is 0 Å². The molecule has 0 aliphatic rings. The summed E-state index contributed by atoms with van der Waals surface area (Å²) >= 11 is 0. The van der Waals surface area contributed by atoms with Crippen LogP contribution in [0.2, 0.25) is 0 Å². The van der Waals surface area contributed by atoms with Crippen LogP contribution in [-0.2, 0) is 9.53 Å². The van der Waals surface area contributed by atoms with E-state index in [1.165, 1.54) is 31.7 Å². The van der Waals surface area contributed by atoms with Crippen molar-refractivity contribution >= 4 is 23.7 Å². The molecule has 10 heteroatoms. The molecule has 2 aromatic rings. The van der Waals surface area contributed by atoms with Gasteiger partial charge in [0.2, 0.25) is 5.82 Å². The van der Waals surface area contributed by atoms with Crippen molar-refractivity contribution < 1.29 is 23.9 Å². The van der Waals surface area contributed by atoms with E-state index in [1.54, 1.807) is 25.1 Å². The van der Waals surface area contributed by atoms with E-state index < -0.39 is 10.9 Å². The maximum absolute atomic E-state index is 11.4. The lowest BCUT2D eigenvalue weighted by Crippen LogP contribution is -2.14. The third-order valence-electron chi connectivity index (χ3n) is 3.21. The van der Waals surface area contributed by atoms with E-state index in [1.807, 2.05) is 0 Å². The normalized spacial score (nSPS) is 10.4. The van der Waals surface area contributed by atoms with Crippen LogP contribution in [0, 0.1) is 10.1 Å². The molecule has 0 fully saturated rings. The number of carbonyl (C=O) groups excluding carboxylic acids is 1. The second-order valence-corrected chi connectivity index (χ2v) is 5.00. The molecule has 0 saturated heterocycles. The number of nitrogens with zero attached hydrogens (tertiary/aromatic N) is 3. The standard InChI is InChI=1S/C17H18N4O6/c1-3-26-16(22)11-27-14-7-6-12(9-15(14)25-2)10-19-20-17-13(21(23)24)5-4-8-18-17/h4-10H,3,11H2,1-2H3,(H,18,20)/b19-10-. The minimum absolute atomic E-state index is 0.0279. The van der Waals surface area contributed by atoms with Crippen molar-refractivity contribution in [1.82, 2.24) is 4.98 Å². The van der Waals surface area contributed by atoms with Crippen LogP contribution in [0.25, 0.3) is 0 Å². The number of nitrogens with one attached hydrogen (secondary N) is 1. The quantitative estimate of drug-likeness (QED) is 0.307. The number of hydrogen-bond donors (Lipinski definition) is 1. The lowest BCUT2D eigenvalue weighted by atomic mass is 10.2. The van der Waals surface area contributed by atoms with Gasteiger partial charge >= 0.3 is 11.7 Å². The van der Waals surface area contributed by atoms with Crippen molar-refractivity contribution in [2.75, 3.05) is 25.7 Å². The van der Waals surface area contributed by atoms with E-state index in [9.17, 15) is 14.9 Å². The number of ether oxygens (including phenoxy) is 3. The van der Waals surface area contributed by atoms with Crippen LogP contribution in [0.15, 0.2) is 41.6 Å². The van der Waals surface area contributed by atoms with Gasteiger partial charge in [0.25, 0.3) is 0 Å². The minimum Gasteiger partial charge on any atom is -0.493 e. The van der Waals surface area contributed by atoms with Gasteiger partial charge in [-0.15, -0.1) is 0 Å². The van der Waals surface area contributed by atoms with Gasteiger partial charge in [-0.1, -0.05) is 0 Å². The average Bonchev–Trinajstić information content (AvgIpc) is 2.67. The molecule has 1 N–H and O–H groups in total. The van der Waals surface area contributed by atoms with Gasteiger partial charge in [-0.05, 0) is 36.8 Å². The summed E-state index contributed by atoms with van der Waals surface area (Å²) in [6.45, 7) is 1.75. The maximum atomic E-state index is 11.4. The molecule has 0 aliphatic heterocycles. The zero-order valence-corrected chi connectivity index (χ0v) is 14.7. The second-order valence-electron chi connectivity index (χ2n) is 5.00. The molecule has 0 aliphatic carbocycles. The molecular weight excluding hydrogens is 356 g/mol. The first-order valence-electron chi connectivity index (χ1n) is 7.90. The first kappa shape index (κ1) is 19.6. The number of pyridine rings is 1. The van der Waals surface area contributed by atoms with Crippen LogP contribution in [0.5, 0.6) is 11.5 Å². The zero-order valence-electron chi connectivity index (χ0n) is 14.7. The number of hydrogen-bond acceptors (Lipinski definition) is 9. The van der Waals surface area contributed by atoms with Gasteiger partial charge in [0, 0.05) is 12.3 Å². The molecule has 1 heterocycles. The SMILES string of the molecule is CCOC(=O)COc1ccc(/C=N\Nc2ncccc2[N+](=O)[O-])cc1OC. The fourth-order valence-corrected chi connectivity index (χ4v) is 2.02. The molecule has 10 nitrogen and oxygen atoms in total. The highest BCUT2D eigenvalue weighted by atomic mass is 16.6. The van der Waals surface area contributed by atoms with Crippen molar-refractivity contribution in [3.8, 4) is 11.5 Å². The smallest absolute Gasteiger partial charge is 0.344 e. The molecule has 0 atom stereocenters. The van der Waals surface area contributed by atoms with Crippen molar-refractivity contribution in [2.24, 2.45) is 5.10 Å². The molecule has 0 spiro atoms. The number of esters is 1. The molecule has 0 radical (unpaired) electrons. The average molecular weight is 374 g/mol. The summed E-state index contributed by atoms with van der Waals surface area (Å²) in [5.74, 6) is 0.314.